The zero-order valence-corrected chi connectivity index (χ0v) is 22.5. The van der Waals surface area contributed by atoms with Crippen LogP contribution in [-0.4, -0.2) is 24.9 Å². The molecule has 1 atom stereocenters. The van der Waals surface area contributed by atoms with Crippen LogP contribution in [0.1, 0.15) is 40.9 Å². The van der Waals surface area contributed by atoms with E-state index < -0.39 is 6.29 Å². The van der Waals surface area contributed by atoms with Crippen molar-refractivity contribution in [3.05, 3.63) is 126 Å². The van der Waals surface area contributed by atoms with E-state index >= 15 is 0 Å². The molecule has 0 spiro atoms. The van der Waals surface area contributed by atoms with E-state index in [1.807, 2.05) is 30.3 Å². The summed E-state index contributed by atoms with van der Waals surface area (Å²) in [5.74, 6) is 2.23. The lowest BCUT2D eigenvalue weighted by atomic mass is 9.84. The molecular weight excluding hydrogens is 522 g/mol. The van der Waals surface area contributed by atoms with Crippen LogP contribution in [0, 0.1) is 0 Å². The summed E-state index contributed by atoms with van der Waals surface area (Å²) in [4.78, 5) is 21.0. The van der Waals surface area contributed by atoms with Gasteiger partial charge in [-0.25, -0.2) is 15.0 Å². The van der Waals surface area contributed by atoms with Gasteiger partial charge in [0.2, 0.25) is 0 Å². The van der Waals surface area contributed by atoms with Crippen LogP contribution in [0.3, 0.4) is 0 Å². The second kappa shape index (κ2) is 9.04. The van der Waals surface area contributed by atoms with Gasteiger partial charge in [0, 0.05) is 39.2 Å². The molecule has 0 radical (unpaired) electrons. The number of nitrogens with zero attached hydrogens (tertiary/aromatic N) is 3. The molecule has 2 aliphatic rings. The zero-order chi connectivity index (χ0) is 27.6. The summed E-state index contributed by atoms with van der Waals surface area (Å²) in [6, 6.07) is 31.5. The Labute approximate surface area is 241 Å². The minimum Gasteiger partial charge on any atom is -0.447 e. The quantitative estimate of drug-likeness (QED) is 0.236. The molecule has 3 aromatic heterocycles. The first kappa shape index (κ1) is 23.3. The number of H-pyrrole nitrogens is 2. The number of aromatic amines is 2. The maximum Gasteiger partial charge on any atom is 0.269 e. The van der Waals surface area contributed by atoms with E-state index in [0.717, 1.165) is 63.1 Å². The Kier molecular flexibility index (Phi) is 5.01. The van der Waals surface area contributed by atoms with Gasteiger partial charge in [-0.05, 0) is 53.8 Å². The highest BCUT2D eigenvalue weighted by Gasteiger charge is 2.36. The van der Waals surface area contributed by atoms with E-state index in [4.69, 9.17) is 19.4 Å². The second-order valence-corrected chi connectivity index (χ2v) is 10.9. The highest BCUT2D eigenvalue weighted by Crippen LogP contribution is 2.50. The average Bonchev–Trinajstić information content (AvgIpc) is 3.84. The van der Waals surface area contributed by atoms with Crippen molar-refractivity contribution in [3.8, 4) is 34.1 Å². The lowest BCUT2D eigenvalue weighted by Crippen LogP contribution is -2.16. The molecule has 0 saturated carbocycles. The number of rotatable bonds is 4. The third-order valence-corrected chi connectivity index (χ3v) is 8.56. The number of imidazole rings is 1. The first-order chi connectivity index (χ1) is 20.8. The third kappa shape index (κ3) is 3.56. The molecule has 1 aliphatic heterocycles. The Bertz CT molecular complexity index is 2090. The van der Waals surface area contributed by atoms with Crippen LogP contribution in [0.5, 0.6) is 11.5 Å². The standard InChI is InChI=1S/C35H25N5O2/c1-3-9-22-20(7-1)13-14-23(22)24-15-16-25(27-17-21-8-2-4-10-26(21)39-27)31(34-36-18-28-33(40-34)38-19-37-28)32(24)35-41-29-11-5-6-12-30(29)42-35/h1-12,15-19,23,35,39H,13-14H2,(H,36,37,38,40). The maximum atomic E-state index is 6.56. The van der Waals surface area contributed by atoms with Crippen LogP contribution in [0.4, 0.5) is 0 Å². The lowest BCUT2D eigenvalue weighted by Gasteiger charge is -2.25. The molecule has 9 rings (SSSR count). The van der Waals surface area contributed by atoms with Gasteiger partial charge < -0.3 is 19.4 Å². The molecule has 7 heteroatoms. The minimum atomic E-state index is -0.664. The van der Waals surface area contributed by atoms with Gasteiger partial charge in [0.15, 0.2) is 23.0 Å². The van der Waals surface area contributed by atoms with Crippen LogP contribution in [0.25, 0.3) is 44.7 Å². The maximum absolute atomic E-state index is 6.56. The fourth-order valence-corrected chi connectivity index (χ4v) is 6.63. The zero-order valence-electron chi connectivity index (χ0n) is 22.5. The van der Waals surface area contributed by atoms with E-state index in [9.17, 15) is 0 Å². The number of aryl methyl sites for hydroxylation is 1. The van der Waals surface area contributed by atoms with Crippen molar-refractivity contribution < 1.29 is 9.47 Å². The largest absolute Gasteiger partial charge is 0.447 e. The summed E-state index contributed by atoms with van der Waals surface area (Å²) >= 11 is 0. The van der Waals surface area contributed by atoms with Crippen molar-refractivity contribution >= 4 is 22.1 Å². The Morgan fingerprint density at radius 2 is 1.57 bits per heavy atom. The molecule has 4 heterocycles. The predicted octanol–water partition coefficient (Wildman–Crippen LogP) is 7.72. The van der Waals surface area contributed by atoms with Crippen molar-refractivity contribution in [2.45, 2.75) is 25.0 Å². The van der Waals surface area contributed by atoms with Crippen molar-refractivity contribution in [2.75, 3.05) is 0 Å². The van der Waals surface area contributed by atoms with Gasteiger partial charge in [0.05, 0.1) is 12.5 Å². The second-order valence-electron chi connectivity index (χ2n) is 10.9. The Hall–Kier alpha value is -5.43. The van der Waals surface area contributed by atoms with Crippen molar-refractivity contribution in [3.63, 3.8) is 0 Å². The fourth-order valence-electron chi connectivity index (χ4n) is 6.63. The van der Waals surface area contributed by atoms with Crippen LogP contribution < -0.4 is 9.47 Å². The summed E-state index contributed by atoms with van der Waals surface area (Å²) in [6.07, 6.45) is 4.82. The predicted molar refractivity (Wildman–Crippen MR) is 161 cm³/mol. The summed E-state index contributed by atoms with van der Waals surface area (Å²) in [7, 11) is 0. The molecule has 1 unspecified atom stereocenters. The van der Waals surface area contributed by atoms with Gasteiger partial charge in [-0.3, -0.25) is 0 Å². The molecule has 0 saturated heterocycles. The summed E-state index contributed by atoms with van der Waals surface area (Å²) in [5, 5.41) is 1.14. The van der Waals surface area contributed by atoms with E-state index in [1.165, 1.54) is 16.7 Å². The van der Waals surface area contributed by atoms with E-state index in [-0.39, 0.29) is 5.92 Å². The molecule has 4 aromatic carbocycles. The van der Waals surface area contributed by atoms with Crippen LogP contribution in [0.2, 0.25) is 0 Å². The van der Waals surface area contributed by atoms with E-state index in [2.05, 4.69) is 75.6 Å². The van der Waals surface area contributed by atoms with Crippen LogP contribution in [0.15, 0.2) is 104 Å². The Morgan fingerprint density at radius 1 is 0.762 bits per heavy atom. The minimum absolute atomic E-state index is 0.191. The SMILES string of the molecule is c1ccc2c(c1)CCC2c1ccc(-c2cc3ccccc3[nH]2)c(-c2ncc3[nH]cnc3n2)c1C1Oc2ccccc2O1. The average molecular weight is 548 g/mol. The highest BCUT2D eigenvalue weighted by molar-refractivity contribution is 5.91. The lowest BCUT2D eigenvalue weighted by molar-refractivity contribution is 0.0482. The number of para-hydroxylation sites is 3. The number of nitrogens with one attached hydrogen (secondary N) is 2. The Balaban J connectivity index is 1.34. The fraction of sp³-hybridized carbons (Fsp3) is 0.114. The van der Waals surface area contributed by atoms with Crippen molar-refractivity contribution in [1.29, 1.82) is 0 Å². The van der Waals surface area contributed by atoms with Gasteiger partial charge in [-0.15, -0.1) is 0 Å². The molecule has 7 nitrogen and oxygen atoms in total. The molecule has 7 aromatic rings. The number of ether oxygens (including phenoxy) is 2. The third-order valence-electron chi connectivity index (χ3n) is 8.56. The Morgan fingerprint density at radius 3 is 2.45 bits per heavy atom. The van der Waals surface area contributed by atoms with Gasteiger partial charge in [0.1, 0.15) is 5.52 Å². The van der Waals surface area contributed by atoms with Gasteiger partial charge >= 0.3 is 0 Å². The van der Waals surface area contributed by atoms with Crippen LogP contribution in [-0.2, 0) is 6.42 Å². The molecule has 0 amide bonds. The van der Waals surface area contributed by atoms with Crippen LogP contribution >= 0.6 is 0 Å². The molecule has 2 N–H and O–H groups in total. The van der Waals surface area contributed by atoms with Gasteiger partial charge in [-0.2, -0.15) is 0 Å². The number of benzene rings is 4. The number of fused-ring (bicyclic) bond motifs is 4. The highest BCUT2D eigenvalue weighted by atomic mass is 16.7. The number of hydrogen-bond donors (Lipinski definition) is 2. The normalized spacial score (nSPS) is 16.0. The smallest absolute Gasteiger partial charge is 0.269 e. The first-order valence-corrected chi connectivity index (χ1v) is 14.2. The van der Waals surface area contributed by atoms with Gasteiger partial charge in [0.25, 0.3) is 6.29 Å². The van der Waals surface area contributed by atoms with Gasteiger partial charge in [-0.1, -0.05) is 66.7 Å². The molecular formula is C35H25N5O2. The summed E-state index contributed by atoms with van der Waals surface area (Å²) < 4.78 is 13.1. The molecule has 42 heavy (non-hydrogen) atoms. The topological polar surface area (TPSA) is 88.7 Å². The first-order valence-electron chi connectivity index (χ1n) is 14.2. The number of aromatic nitrogens is 5. The molecule has 202 valence electrons. The van der Waals surface area contributed by atoms with E-state index in [1.54, 1.807) is 12.5 Å². The van der Waals surface area contributed by atoms with E-state index in [0.29, 0.717) is 11.5 Å². The molecule has 0 fully saturated rings. The monoisotopic (exact) mass is 547 g/mol. The van der Waals surface area contributed by atoms with Crippen molar-refractivity contribution in [2.24, 2.45) is 0 Å². The van der Waals surface area contributed by atoms with Crippen molar-refractivity contribution in [1.82, 2.24) is 24.9 Å². The number of hydrogen-bond acceptors (Lipinski definition) is 5. The molecule has 1 aliphatic carbocycles. The summed E-state index contributed by atoms with van der Waals surface area (Å²) in [5.41, 5.74) is 10.2. The molecule has 0 bridgehead atoms. The summed E-state index contributed by atoms with van der Waals surface area (Å²) in [6.45, 7) is 0.